The van der Waals surface area contributed by atoms with Crippen LogP contribution < -0.4 is 4.90 Å². The summed E-state index contributed by atoms with van der Waals surface area (Å²) in [4.78, 5) is 21.1. The van der Waals surface area contributed by atoms with Gasteiger partial charge in [0.1, 0.15) is 0 Å². The number of nitrogens with zero attached hydrogens (tertiary/aromatic N) is 3. The standard InChI is InChI=1S/C10H13N3O2/c1-8-9(7-14)6-11-10(12-8)13-2-4-15-5-3-13/h6-7H,2-5H2,1H3. The fraction of sp³-hybridized carbons (Fsp3) is 0.500. The number of morpholine rings is 1. The minimum atomic E-state index is 0.548. The van der Waals surface area contributed by atoms with Gasteiger partial charge in [0.25, 0.3) is 0 Å². The molecule has 0 atom stereocenters. The zero-order chi connectivity index (χ0) is 10.7. The molecule has 0 aliphatic carbocycles. The van der Waals surface area contributed by atoms with Crippen molar-refractivity contribution in [3.63, 3.8) is 0 Å². The van der Waals surface area contributed by atoms with Gasteiger partial charge >= 0.3 is 0 Å². The number of aldehydes is 1. The molecule has 0 N–H and O–H groups in total. The molecule has 1 aromatic heterocycles. The summed E-state index contributed by atoms with van der Waals surface area (Å²) in [5.41, 5.74) is 1.27. The average molecular weight is 207 g/mol. The van der Waals surface area contributed by atoms with Crippen molar-refractivity contribution in [1.29, 1.82) is 0 Å². The van der Waals surface area contributed by atoms with Crippen LogP contribution >= 0.6 is 0 Å². The Balaban J connectivity index is 2.21. The number of hydrogen-bond acceptors (Lipinski definition) is 5. The highest BCUT2D eigenvalue weighted by molar-refractivity contribution is 5.75. The predicted octanol–water partition coefficient (Wildman–Crippen LogP) is 0.434. The second-order valence-corrected chi connectivity index (χ2v) is 3.43. The van der Waals surface area contributed by atoms with Crippen LogP contribution in [0, 0.1) is 6.92 Å². The van der Waals surface area contributed by atoms with E-state index in [2.05, 4.69) is 14.9 Å². The molecule has 2 heterocycles. The van der Waals surface area contributed by atoms with Crippen LogP contribution in [0.25, 0.3) is 0 Å². The molecular weight excluding hydrogens is 194 g/mol. The second-order valence-electron chi connectivity index (χ2n) is 3.43. The van der Waals surface area contributed by atoms with E-state index in [-0.39, 0.29) is 0 Å². The smallest absolute Gasteiger partial charge is 0.225 e. The van der Waals surface area contributed by atoms with Gasteiger partial charge in [0.2, 0.25) is 5.95 Å². The zero-order valence-electron chi connectivity index (χ0n) is 8.64. The largest absolute Gasteiger partial charge is 0.378 e. The lowest BCUT2D eigenvalue weighted by Crippen LogP contribution is -2.37. The van der Waals surface area contributed by atoms with Gasteiger partial charge in [-0.3, -0.25) is 4.79 Å². The van der Waals surface area contributed by atoms with Gasteiger partial charge in [0.05, 0.1) is 24.5 Å². The molecule has 1 aliphatic heterocycles. The van der Waals surface area contributed by atoms with Crippen molar-refractivity contribution >= 4 is 12.2 Å². The van der Waals surface area contributed by atoms with Gasteiger partial charge in [-0.25, -0.2) is 9.97 Å². The molecule has 0 bridgehead atoms. The van der Waals surface area contributed by atoms with E-state index < -0.39 is 0 Å². The lowest BCUT2D eigenvalue weighted by atomic mass is 10.3. The quantitative estimate of drug-likeness (QED) is 0.658. The molecule has 0 spiro atoms. The van der Waals surface area contributed by atoms with Crippen molar-refractivity contribution in [2.24, 2.45) is 0 Å². The van der Waals surface area contributed by atoms with Crippen LogP contribution in [0.15, 0.2) is 6.20 Å². The van der Waals surface area contributed by atoms with Crippen molar-refractivity contribution in [3.05, 3.63) is 17.5 Å². The lowest BCUT2D eigenvalue weighted by molar-refractivity contribution is 0.112. The highest BCUT2D eigenvalue weighted by Gasteiger charge is 2.14. The van der Waals surface area contributed by atoms with Gasteiger partial charge in [0, 0.05) is 19.3 Å². The van der Waals surface area contributed by atoms with Crippen LogP contribution in [0.4, 0.5) is 5.95 Å². The minimum absolute atomic E-state index is 0.548. The normalized spacial score (nSPS) is 16.5. The summed E-state index contributed by atoms with van der Waals surface area (Å²) in [6.07, 6.45) is 2.35. The molecule has 0 unspecified atom stereocenters. The van der Waals surface area contributed by atoms with E-state index in [4.69, 9.17) is 4.74 Å². The first-order valence-corrected chi connectivity index (χ1v) is 4.93. The first-order valence-electron chi connectivity index (χ1n) is 4.93. The van der Waals surface area contributed by atoms with Gasteiger partial charge in [-0.1, -0.05) is 0 Å². The van der Waals surface area contributed by atoms with Crippen LogP contribution in [0.2, 0.25) is 0 Å². The molecule has 0 saturated carbocycles. The molecule has 0 amide bonds. The number of hydrogen-bond donors (Lipinski definition) is 0. The fourth-order valence-electron chi connectivity index (χ4n) is 1.50. The second kappa shape index (κ2) is 4.35. The van der Waals surface area contributed by atoms with Crippen LogP contribution in [0.1, 0.15) is 16.1 Å². The summed E-state index contributed by atoms with van der Waals surface area (Å²) >= 11 is 0. The fourth-order valence-corrected chi connectivity index (χ4v) is 1.50. The lowest BCUT2D eigenvalue weighted by Gasteiger charge is -2.26. The Hall–Kier alpha value is -1.49. The predicted molar refractivity (Wildman–Crippen MR) is 55.2 cm³/mol. The van der Waals surface area contributed by atoms with E-state index in [1.165, 1.54) is 0 Å². The summed E-state index contributed by atoms with van der Waals surface area (Å²) < 4.78 is 5.24. The number of ether oxygens (including phenoxy) is 1. The maximum absolute atomic E-state index is 10.6. The molecule has 0 radical (unpaired) electrons. The molecule has 5 nitrogen and oxygen atoms in total. The van der Waals surface area contributed by atoms with E-state index >= 15 is 0 Å². The Labute approximate surface area is 88.1 Å². The number of aryl methyl sites for hydroxylation is 1. The number of carbonyl (C=O) groups is 1. The van der Waals surface area contributed by atoms with E-state index in [0.29, 0.717) is 24.7 Å². The van der Waals surface area contributed by atoms with Crippen LogP contribution in [0.3, 0.4) is 0 Å². The maximum atomic E-state index is 10.6. The SMILES string of the molecule is Cc1nc(N2CCOCC2)ncc1C=O. The highest BCUT2D eigenvalue weighted by Crippen LogP contribution is 2.11. The number of rotatable bonds is 2. The van der Waals surface area contributed by atoms with E-state index in [1.54, 1.807) is 6.20 Å². The molecule has 1 aromatic rings. The van der Waals surface area contributed by atoms with Crippen molar-refractivity contribution < 1.29 is 9.53 Å². The van der Waals surface area contributed by atoms with Gasteiger partial charge in [-0.05, 0) is 6.92 Å². The molecule has 80 valence electrons. The Morgan fingerprint density at radius 2 is 2.20 bits per heavy atom. The molecule has 5 heteroatoms. The number of carbonyl (C=O) groups excluding carboxylic acids is 1. The first-order chi connectivity index (χ1) is 7.31. The third kappa shape index (κ3) is 2.12. The number of anilines is 1. The van der Waals surface area contributed by atoms with E-state index in [1.807, 2.05) is 6.92 Å². The van der Waals surface area contributed by atoms with Gasteiger partial charge in [-0.2, -0.15) is 0 Å². The highest BCUT2D eigenvalue weighted by atomic mass is 16.5. The van der Waals surface area contributed by atoms with Gasteiger partial charge < -0.3 is 9.64 Å². The van der Waals surface area contributed by atoms with Crippen molar-refractivity contribution in [3.8, 4) is 0 Å². The molecule has 2 rings (SSSR count). The maximum Gasteiger partial charge on any atom is 0.225 e. The van der Waals surface area contributed by atoms with Crippen molar-refractivity contribution in [2.45, 2.75) is 6.92 Å². The van der Waals surface area contributed by atoms with Gasteiger partial charge in [0.15, 0.2) is 6.29 Å². The number of aromatic nitrogens is 2. The average Bonchev–Trinajstić information content (AvgIpc) is 2.30. The summed E-state index contributed by atoms with van der Waals surface area (Å²) in [5, 5.41) is 0. The molecule has 15 heavy (non-hydrogen) atoms. The Kier molecular flexibility index (Phi) is 2.91. The van der Waals surface area contributed by atoms with E-state index in [0.717, 1.165) is 25.1 Å². The topological polar surface area (TPSA) is 55.3 Å². The van der Waals surface area contributed by atoms with Crippen LogP contribution in [-0.4, -0.2) is 42.6 Å². The summed E-state index contributed by atoms with van der Waals surface area (Å²) in [6, 6.07) is 0. The third-order valence-electron chi connectivity index (χ3n) is 2.43. The third-order valence-corrected chi connectivity index (χ3v) is 2.43. The Morgan fingerprint density at radius 1 is 1.47 bits per heavy atom. The molecule has 1 saturated heterocycles. The summed E-state index contributed by atoms with van der Waals surface area (Å²) in [5.74, 6) is 0.682. The molecule has 0 aromatic carbocycles. The van der Waals surface area contributed by atoms with Crippen molar-refractivity contribution in [1.82, 2.24) is 9.97 Å². The molecular formula is C10H13N3O2. The Bertz CT molecular complexity index is 362. The first kappa shape index (κ1) is 10.0. The Morgan fingerprint density at radius 3 is 2.80 bits per heavy atom. The molecule has 1 fully saturated rings. The zero-order valence-corrected chi connectivity index (χ0v) is 8.64. The summed E-state index contributed by atoms with van der Waals surface area (Å²) in [7, 11) is 0. The van der Waals surface area contributed by atoms with Crippen LogP contribution in [-0.2, 0) is 4.74 Å². The van der Waals surface area contributed by atoms with E-state index in [9.17, 15) is 4.79 Å². The minimum Gasteiger partial charge on any atom is -0.378 e. The summed E-state index contributed by atoms with van der Waals surface area (Å²) in [6.45, 7) is 4.84. The monoisotopic (exact) mass is 207 g/mol. The van der Waals surface area contributed by atoms with Crippen molar-refractivity contribution in [2.75, 3.05) is 31.2 Å². The molecule has 1 aliphatic rings. The van der Waals surface area contributed by atoms with Gasteiger partial charge in [-0.15, -0.1) is 0 Å². The van der Waals surface area contributed by atoms with Crippen LogP contribution in [0.5, 0.6) is 0 Å².